The Kier molecular flexibility index (Phi) is 4.00. The fourth-order valence-corrected chi connectivity index (χ4v) is 1.93. The van der Waals surface area contributed by atoms with Gasteiger partial charge in [-0.2, -0.15) is 0 Å². The van der Waals surface area contributed by atoms with Gasteiger partial charge in [-0.25, -0.2) is 8.78 Å². The molecule has 1 atom stereocenters. The van der Waals surface area contributed by atoms with Crippen LogP contribution in [0.2, 0.25) is 0 Å². The zero-order valence-corrected chi connectivity index (χ0v) is 10.5. The molecule has 0 amide bonds. The Morgan fingerprint density at radius 1 is 1.11 bits per heavy atom. The molecule has 0 heterocycles. The van der Waals surface area contributed by atoms with E-state index in [1.165, 1.54) is 12.1 Å². The van der Waals surface area contributed by atoms with Gasteiger partial charge in [0.05, 0.1) is 11.7 Å². The van der Waals surface area contributed by atoms with Crippen molar-refractivity contribution in [3.8, 4) is 5.75 Å². The first kappa shape index (κ1) is 13.3. The van der Waals surface area contributed by atoms with Gasteiger partial charge in [0.25, 0.3) is 0 Å². The highest BCUT2D eigenvalue weighted by molar-refractivity contribution is 5.47. The Labute approximate surface area is 110 Å². The summed E-state index contributed by atoms with van der Waals surface area (Å²) >= 11 is 0. The minimum atomic E-state index is -0.875. The van der Waals surface area contributed by atoms with Crippen LogP contribution in [-0.4, -0.2) is 5.11 Å². The van der Waals surface area contributed by atoms with Crippen molar-refractivity contribution in [2.24, 2.45) is 0 Å². The lowest BCUT2D eigenvalue weighted by atomic mass is 10.0. The van der Waals surface area contributed by atoms with E-state index in [0.29, 0.717) is 6.42 Å². The molecule has 2 N–H and O–H groups in total. The number of hydrogen-bond donors (Lipinski definition) is 2. The highest BCUT2D eigenvalue weighted by Crippen LogP contribution is 2.26. The highest BCUT2D eigenvalue weighted by atomic mass is 19.2. The summed E-state index contributed by atoms with van der Waals surface area (Å²) in [6.07, 6.45) is 0.709. The average Bonchev–Trinajstić information content (AvgIpc) is 2.42. The molecule has 2 aromatic carbocycles. The summed E-state index contributed by atoms with van der Waals surface area (Å²) in [5.74, 6) is -1.57. The lowest BCUT2D eigenvalue weighted by Crippen LogP contribution is -2.11. The SMILES string of the molecule is CCC(Nc1cccc(F)c1F)c1ccc(O)cc1. The van der Waals surface area contributed by atoms with E-state index in [9.17, 15) is 13.9 Å². The summed E-state index contributed by atoms with van der Waals surface area (Å²) in [7, 11) is 0. The number of halogens is 2. The van der Waals surface area contributed by atoms with Crippen molar-refractivity contribution >= 4 is 5.69 Å². The van der Waals surface area contributed by atoms with Gasteiger partial charge < -0.3 is 10.4 Å². The second-order valence-corrected chi connectivity index (χ2v) is 4.30. The number of rotatable bonds is 4. The molecule has 0 fully saturated rings. The van der Waals surface area contributed by atoms with Crippen molar-refractivity contribution in [1.29, 1.82) is 0 Å². The Hall–Kier alpha value is -2.10. The quantitative estimate of drug-likeness (QED) is 0.865. The van der Waals surface area contributed by atoms with Crippen LogP contribution in [0, 0.1) is 11.6 Å². The molecule has 0 saturated heterocycles. The summed E-state index contributed by atoms with van der Waals surface area (Å²) in [4.78, 5) is 0. The van der Waals surface area contributed by atoms with Crippen LogP contribution < -0.4 is 5.32 Å². The second kappa shape index (κ2) is 5.69. The van der Waals surface area contributed by atoms with Crippen molar-refractivity contribution in [2.75, 3.05) is 5.32 Å². The van der Waals surface area contributed by atoms with Gasteiger partial charge in [0.2, 0.25) is 0 Å². The van der Waals surface area contributed by atoms with Gasteiger partial charge in [-0.3, -0.25) is 0 Å². The van der Waals surface area contributed by atoms with E-state index in [4.69, 9.17) is 0 Å². The summed E-state index contributed by atoms with van der Waals surface area (Å²) in [5.41, 5.74) is 1.05. The van der Waals surface area contributed by atoms with Crippen molar-refractivity contribution in [3.05, 3.63) is 59.7 Å². The predicted octanol–water partition coefficient (Wildman–Crippen LogP) is 4.23. The van der Waals surface area contributed by atoms with Gasteiger partial charge in [-0.05, 0) is 36.2 Å². The molecule has 2 aromatic rings. The number of aromatic hydroxyl groups is 1. The van der Waals surface area contributed by atoms with E-state index in [1.807, 2.05) is 6.92 Å². The smallest absolute Gasteiger partial charge is 0.181 e. The summed E-state index contributed by atoms with van der Waals surface area (Å²) < 4.78 is 26.7. The molecular weight excluding hydrogens is 248 g/mol. The Balaban J connectivity index is 2.24. The Bertz CT molecular complexity index is 555. The molecule has 0 aliphatic heterocycles. The van der Waals surface area contributed by atoms with Crippen molar-refractivity contribution in [2.45, 2.75) is 19.4 Å². The predicted molar refractivity (Wildman–Crippen MR) is 71.1 cm³/mol. The summed E-state index contributed by atoms with van der Waals surface area (Å²) in [6.45, 7) is 1.95. The molecular formula is C15H15F2NO. The average molecular weight is 263 g/mol. The van der Waals surface area contributed by atoms with Crippen LogP contribution in [0.1, 0.15) is 24.9 Å². The van der Waals surface area contributed by atoms with Crippen LogP contribution in [0.25, 0.3) is 0 Å². The third-order valence-electron chi connectivity index (χ3n) is 2.99. The van der Waals surface area contributed by atoms with Crippen LogP contribution in [-0.2, 0) is 0 Å². The minimum absolute atomic E-state index is 0.139. The molecule has 0 radical (unpaired) electrons. The summed E-state index contributed by atoms with van der Waals surface area (Å²) in [5, 5.41) is 12.2. The molecule has 0 aliphatic rings. The number of benzene rings is 2. The van der Waals surface area contributed by atoms with Crippen molar-refractivity contribution in [3.63, 3.8) is 0 Å². The molecule has 1 unspecified atom stereocenters. The van der Waals surface area contributed by atoms with Crippen LogP contribution in [0.4, 0.5) is 14.5 Å². The van der Waals surface area contributed by atoms with Gasteiger partial charge in [-0.15, -0.1) is 0 Å². The number of nitrogens with one attached hydrogen (secondary N) is 1. The highest BCUT2D eigenvalue weighted by Gasteiger charge is 2.13. The normalized spacial score (nSPS) is 12.2. The number of anilines is 1. The zero-order chi connectivity index (χ0) is 13.8. The van der Waals surface area contributed by atoms with E-state index < -0.39 is 11.6 Å². The third kappa shape index (κ3) is 3.02. The molecule has 0 aliphatic carbocycles. The number of phenolic OH excluding ortho intramolecular Hbond substituents is 1. The van der Waals surface area contributed by atoms with Crippen molar-refractivity contribution in [1.82, 2.24) is 0 Å². The van der Waals surface area contributed by atoms with E-state index in [0.717, 1.165) is 11.6 Å². The molecule has 19 heavy (non-hydrogen) atoms. The van der Waals surface area contributed by atoms with Gasteiger partial charge in [0.1, 0.15) is 5.75 Å². The van der Waals surface area contributed by atoms with Gasteiger partial charge in [-0.1, -0.05) is 25.1 Å². The molecule has 0 spiro atoms. The van der Waals surface area contributed by atoms with Crippen molar-refractivity contribution < 1.29 is 13.9 Å². The van der Waals surface area contributed by atoms with Gasteiger partial charge in [0, 0.05) is 0 Å². The number of phenols is 1. The second-order valence-electron chi connectivity index (χ2n) is 4.30. The van der Waals surface area contributed by atoms with Crippen LogP contribution >= 0.6 is 0 Å². The molecule has 100 valence electrons. The standard InChI is InChI=1S/C15H15F2NO/c1-2-13(10-6-8-11(19)9-7-10)18-14-5-3-4-12(16)15(14)17/h3-9,13,18-19H,2H2,1H3. The maximum Gasteiger partial charge on any atom is 0.181 e. The molecule has 0 bridgehead atoms. The molecule has 0 saturated carbocycles. The van der Waals surface area contributed by atoms with Gasteiger partial charge >= 0.3 is 0 Å². The maximum atomic E-state index is 13.6. The summed E-state index contributed by atoms with van der Waals surface area (Å²) in [6, 6.07) is 10.6. The number of hydrogen-bond acceptors (Lipinski definition) is 2. The first-order valence-electron chi connectivity index (χ1n) is 6.11. The molecule has 0 aromatic heterocycles. The minimum Gasteiger partial charge on any atom is -0.508 e. The van der Waals surface area contributed by atoms with Crippen LogP contribution in [0.3, 0.4) is 0 Å². The topological polar surface area (TPSA) is 32.3 Å². The molecule has 2 nitrogen and oxygen atoms in total. The Morgan fingerprint density at radius 2 is 1.79 bits per heavy atom. The largest absolute Gasteiger partial charge is 0.508 e. The first-order valence-corrected chi connectivity index (χ1v) is 6.11. The lowest BCUT2D eigenvalue weighted by molar-refractivity contribution is 0.475. The van der Waals surface area contributed by atoms with E-state index in [2.05, 4.69) is 5.32 Å². The molecule has 2 rings (SSSR count). The van der Waals surface area contributed by atoms with E-state index >= 15 is 0 Å². The Morgan fingerprint density at radius 3 is 2.42 bits per heavy atom. The lowest BCUT2D eigenvalue weighted by Gasteiger charge is -2.19. The first-order chi connectivity index (χ1) is 9.11. The van der Waals surface area contributed by atoms with E-state index in [1.54, 1.807) is 24.3 Å². The zero-order valence-electron chi connectivity index (χ0n) is 10.5. The van der Waals surface area contributed by atoms with Gasteiger partial charge in [0.15, 0.2) is 11.6 Å². The molecule has 4 heteroatoms. The van der Waals surface area contributed by atoms with Crippen LogP contribution in [0.5, 0.6) is 5.75 Å². The van der Waals surface area contributed by atoms with E-state index in [-0.39, 0.29) is 17.5 Å². The fourth-order valence-electron chi connectivity index (χ4n) is 1.93. The van der Waals surface area contributed by atoms with Crippen LogP contribution in [0.15, 0.2) is 42.5 Å². The maximum absolute atomic E-state index is 13.6. The monoisotopic (exact) mass is 263 g/mol. The third-order valence-corrected chi connectivity index (χ3v) is 2.99. The fraction of sp³-hybridized carbons (Fsp3) is 0.200.